The number of aliphatic hydroxyl groups excluding tert-OH is 2. The van der Waals surface area contributed by atoms with E-state index in [1.165, 1.54) is 37.7 Å². The van der Waals surface area contributed by atoms with Gasteiger partial charge in [-0.2, -0.15) is 0 Å². The van der Waals surface area contributed by atoms with Crippen LogP contribution in [0.2, 0.25) is 0 Å². The van der Waals surface area contributed by atoms with Crippen molar-refractivity contribution in [2.24, 2.45) is 0 Å². The molecule has 0 saturated carbocycles. The topological polar surface area (TPSA) is 120 Å². The standard InChI is InChI=1S/C20H23N3O2S.C20H19N3O2S/c2*1-14-21-22-19-13-25-12-17-16(11-15-7-3-2-4-8-15)18(9-5-6-10-24)26-20(17)23(14)19/h2-4,7-8,24H,5-6,9-13H2,1H3;2-4,7-8,24H,6,10-13H2,1H3. The minimum Gasteiger partial charge on any atom is -0.396 e. The first-order valence-corrected chi connectivity index (χ1v) is 19.2. The van der Waals surface area contributed by atoms with Crippen LogP contribution in [0.1, 0.15) is 85.7 Å². The molecular formula is C40H42N6O4S2. The van der Waals surface area contributed by atoms with Gasteiger partial charge in [-0.3, -0.25) is 9.13 Å². The molecule has 6 aromatic rings. The molecule has 10 nitrogen and oxygen atoms in total. The molecule has 0 aliphatic carbocycles. The maximum Gasteiger partial charge on any atom is 0.164 e. The number of benzene rings is 2. The Balaban J connectivity index is 0.000000162. The number of aromatic nitrogens is 6. The SMILES string of the molecule is Cc1nnc2n1-c1sc(C#CCCO)c(Cc3ccccc3)c1COC2.Cc1nnc2n1-c1sc(CCCCO)c(Cc3ccccc3)c1COC2. The third-order valence-corrected chi connectivity index (χ3v) is 11.6. The van der Waals surface area contributed by atoms with E-state index in [2.05, 4.69) is 96.0 Å². The zero-order valence-corrected chi connectivity index (χ0v) is 31.1. The van der Waals surface area contributed by atoms with Crippen LogP contribution >= 0.6 is 22.7 Å². The largest absolute Gasteiger partial charge is 0.396 e. The highest BCUT2D eigenvalue weighted by Crippen LogP contribution is 2.39. The van der Waals surface area contributed by atoms with Crippen molar-refractivity contribution in [3.63, 3.8) is 0 Å². The van der Waals surface area contributed by atoms with Crippen molar-refractivity contribution in [3.8, 4) is 21.8 Å². The number of unbranched alkanes of at least 4 members (excludes halogenated alkanes) is 1. The molecule has 2 aromatic carbocycles. The molecule has 0 amide bonds. The van der Waals surface area contributed by atoms with Gasteiger partial charge in [0.15, 0.2) is 11.6 Å². The Morgan fingerprint density at radius 3 is 1.81 bits per heavy atom. The normalized spacial score (nSPS) is 13.0. The van der Waals surface area contributed by atoms with Crippen molar-refractivity contribution in [2.75, 3.05) is 13.2 Å². The molecule has 8 rings (SSSR count). The van der Waals surface area contributed by atoms with Crippen molar-refractivity contribution in [2.45, 2.75) is 78.8 Å². The molecule has 0 fully saturated rings. The summed E-state index contributed by atoms with van der Waals surface area (Å²) in [5.74, 6) is 9.77. The Morgan fingerprint density at radius 1 is 0.673 bits per heavy atom. The molecule has 12 heteroatoms. The predicted octanol–water partition coefficient (Wildman–Crippen LogP) is 6.57. The molecule has 0 radical (unpaired) electrons. The quantitative estimate of drug-likeness (QED) is 0.127. The van der Waals surface area contributed by atoms with Gasteiger partial charge < -0.3 is 19.7 Å². The smallest absolute Gasteiger partial charge is 0.164 e. The van der Waals surface area contributed by atoms with Gasteiger partial charge in [-0.15, -0.1) is 43.1 Å². The molecule has 0 bridgehead atoms. The lowest BCUT2D eigenvalue weighted by atomic mass is 9.99. The van der Waals surface area contributed by atoms with Gasteiger partial charge in [-0.05, 0) is 68.2 Å². The lowest BCUT2D eigenvalue weighted by Crippen LogP contribution is -2.00. The molecule has 0 atom stereocenters. The maximum atomic E-state index is 9.15. The number of thiophene rings is 2. The zero-order valence-electron chi connectivity index (χ0n) is 29.5. The third-order valence-electron chi connectivity index (χ3n) is 9.12. The third kappa shape index (κ3) is 7.80. The number of hydrogen-bond donors (Lipinski definition) is 2. The number of rotatable bonds is 9. The monoisotopic (exact) mass is 734 g/mol. The second-order valence-electron chi connectivity index (χ2n) is 12.7. The summed E-state index contributed by atoms with van der Waals surface area (Å²) in [6.07, 6.45) is 4.99. The first-order chi connectivity index (χ1) is 25.6. The molecule has 4 aromatic heterocycles. The van der Waals surface area contributed by atoms with Crippen molar-refractivity contribution < 1.29 is 19.7 Å². The van der Waals surface area contributed by atoms with Gasteiger partial charge in [-0.1, -0.05) is 72.5 Å². The van der Waals surface area contributed by atoms with Gasteiger partial charge in [0.25, 0.3) is 0 Å². The van der Waals surface area contributed by atoms with E-state index in [9.17, 15) is 0 Å². The summed E-state index contributed by atoms with van der Waals surface area (Å²) in [5.41, 5.74) is 7.54. The molecule has 2 aliphatic rings. The highest BCUT2D eigenvalue weighted by Gasteiger charge is 2.27. The Labute approximate surface area is 311 Å². The van der Waals surface area contributed by atoms with Crippen LogP contribution < -0.4 is 0 Å². The van der Waals surface area contributed by atoms with Gasteiger partial charge in [0, 0.05) is 29.0 Å². The van der Waals surface area contributed by atoms with Crippen LogP contribution in [0.4, 0.5) is 0 Å². The predicted molar refractivity (Wildman–Crippen MR) is 202 cm³/mol. The second-order valence-corrected chi connectivity index (χ2v) is 14.8. The van der Waals surface area contributed by atoms with E-state index in [0.29, 0.717) is 32.8 Å². The van der Waals surface area contributed by atoms with E-state index in [0.717, 1.165) is 70.8 Å². The van der Waals surface area contributed by atoms with Crippen molar-refractivity contribution >= 4 is 22.7 Å². The van der Waals surface area contributed by atoms with Crippen LogP contribution in [0.5, 0.6) is 0 Å². The lowest BCUT2D eigenvalue weighted by molar-refractivity contribution is 0.104. The maximum absolute atomic E-state index is 9.15. The molecule has 6 heterocycles. The van der Waals surface area contributed by atoms with Gasteiger partial charge in [0.1, 0.15) is 34.9 Å². The molecule has 0 saturated heterocycles. The fraction of sp³-hybridized carbons (Fsp3) is 0.350. The van der Waals surface area contributed by atoms with E-state index >= 15 is 0 Å². The minimum atomic E-state index is 0.0733. The second kappa shape index (κ2) is 16.9. The van der Waals surface area contributed by atoms with E-state index in [4.69, 9.17) is 19.7 Å². The number of aliphatic hydroxyl groups is 2. The summed E-state index contributed by atoms with van der Waals surface area (Å²) in [4.78, 5) is 2.41. The number of aryl methyl sites for hydroxylation is 3. The number of fused-ring (bicyclic) bond motifs is 6. The van der Waals surface area contributed by atoms with Crippen LogP contribution in [-0.4, -0.2) is 53.0 Å². The number of nitrogens with zero attached hydrogens (tertiary/aromatic N) is 6. The summed E-state index contributed by atoms with van der Waals surface area (Å²) in [6, 6.07) is 21.0. The van der Waals surface area contributed by atoms with Gasteiger partial charge in [-0.25, -0.2) is 0 Å². The average molecular weight is 735 g/mol. The highest BCUT2D eigenvalue weighted by molar-refractivity contribution is 7.15. The zero-order chi connectivity index (χ0) is 35.9. The van der Waals surface area contributed by atoms with E-state index in [-0.39, 0.29) is 13.2 Å². The first kappa shape index (κ1) is 35.9. The van der Waals surface area contributed by atoms with Crippen molar-refractivity contribution in [3.05, 3.63) is 127 Å². The Bertz CT molecular complexity index is 2180. The minimum absolute atomic E-state index is 0.0733. The van der Waals surface area contributed by atoms with E-state index in [1.807, 2.05) is 31.3 Å². The fourth-order valence-corrected chi connectivity index (χ4v) is 9.29. The molecule has 2 aliphatic heterocycles. The fourth-order valence-electron chi connectivity index (χ4n) is 6.59. The number of hydrogen-bond acceptors (Lipinski definition) is 10. The summed E-state index contributed by atoms with van der Waals surface area (Å²) >= 11 is 3.48. The van der Waals surface area contributed by atoms with Crippen LogP contribution in [0.3, 0.4) is 0 Å². The summed E-state index contributed by atoms with van der Waals surface area (Å²) in [7, 11) is 0. The first-order valence-electron chi connectivity index (χ1n) is 17.6. The molecule has 0 unspecified atom stereocenters. The van der Waals surface area contributed by atoms with Crippen LogP contribution in [-0.2, 0) is 55.2 Å². The molecule has 268 valence electrons. The molecule has 52 heavy (non-hydrogen) atoms. The van der Waals surface area contributed by atoms with Crippen LogP contribution in [0.15, 0.2) is 60.7 Å². The van der Waals surface area contributed by atoms with Gasteiger partial charge in [0.05, 0.1) is 24.7 Å². The molecule has 0 spiro atoms. The van der Waals surface area contributed by atoms with Crippen LogP contribution in [0, 0.1) is 25.7 Å². The summed E-state index contributed by atoms with van der Waals surface area (Å²) < 4.78 is 16.0. The Hall–Kier alpha value is -4.48. The van der Waals surface area contributed by atoms with Gasteiger partial charge in [0.2, 0.25) is 0 Å². The summed E-state index contributed by atoms with van der Waals surface area (Å²) in [6.45, 7) is 6.37. The van der Waals surface area contributed by atoms with Crippen molar-refractivity contribution in [1.29, 1.82) is 0 Å². The van der Waals surface area contributed by atoms with E-state index in [1.54, 1.807) is 11.3 Å². The molecule has 2 N–H and O–H groups in total. The van der Waals surface area contributed by atoms with Gasteiger partial charge >= 0.3 is 0 Å². The lowest BCUT2D eigenvalue weighted by Gasteiger charge is -2.08. The number of ether oxygens (including phenoxy) is 2. The molecular weight excluding hydrogens is 693 g/mol. The van der Waals surface area contributed by atoms with E-state index < -0.39 is 0 Å². The Kier molecular flexibility index (Phi) is 11.7. The Morgan fingerprint density at radius 2 is 1.23 bits per heavy atom. The summed E-state index contributed by atoms with van der Waals surface area (Å²) in [5, 5.41) is 37.5. The van der Waals surface area contributed by atoms with Crippen molar-refractivity contribution in [1.82, 2.24) is 29.5 Å². The van der Waals surface area contributed by atoms with Crippen LogP contribution in [0.25, 0.3) is 10.0 Å². The average Bonchev–Trinajstić information content (AvgIpc) is 3.83. The highest BCUT2D eigenvalue weighted by atomic mass is 32.1.